The van der Waals surface area contributed by atoms with Crippen LogP contribution < -0.4 is 34.7 Å². The van der Waals surface area contributed by atoms with E-state index >= 15 is 0 Å². The van der Waals surface area contributed by atoms with Gasteiger partial charge in [0.25, 0.3) is 0 Å². The Hall–Kier alpha value is -0.130. The van der Waals surface area contributed by atoms with Crippen LogP contribution in [-0.2, 0) is 9.59 Å². The van der Waals surface area contributed by atoms with Crippen molar-refractivity contribution in [3.8, 4) is 0 Å². The molecule has 0 saturated carbocycles. The van der Waals surface area contributed by atoms with E-state index in [9.17, 15) is 19.1 Å². The van der Waals surface area contributed by atoms with Crippen LogP contribution in [0.3, 0.4) is 0 Å². The van der Waals surface area contributed by atoms with Gasteiger partial charge in [-0.3, -0.25) is 4.79 Å². The Labute approximate surface area is 143 Å². The summed E-state index contributed by atoms with van der Waals surface area (Å²) >= 11 is 0. The van der Waals surface area contributed by atoms with Gasteiger partial charge in [-0.2, -0.15) is 0 Å². The second kappa shape index (κ2) is 13.8. The van der Waals surface area contributed by atoms with Crippen LogP contribution in [0, 0.1) is 0 Å². The van der Waals surface area contributed by atoms with E-state index < -0.39 is 12.1 Å². The molecule has 0 aromatic rings. The van der Waals surface area contributed by atoms with Crippen molar-refractivity contribution in [1.82, 2.24) is 4.90 Å². The minimum atomic E-state index is -1.23. The monoisotopic (exact) mass is 297 g/mol. The van der Waals surface area contributed by atoms with E-state index in [-0.39, 0.29) is 42.0 Å². The van der Waals surface area contributed by atoms with Crippen molar-refractivity contribution in [3.63, 3.8) is 0 Å². The van der Waals surface area contributed by atoms with Gasteiger partial charge < -0.3 is 14.8 Å². The van der Waals surface area contributed by atoms with Gasteiger partial charge in [0.15, 0.2) is 0 Å². The molecule has 0 aliphatic rings. The van der Waals surface area contributed by atoms with E-state index in [1.54, 1.807) is 0 Å². The van der Waals surface area contributed by atoms with Crippen molar-refractivity contribution >= 4 is 11.9 Å². The number of carbonyl (C=O) groups is 2. The van der Waals surface area contributed by atoms with Crippen LogP contribution >= 0.6 is 0 Å². The van der Waals surface area contributed by atoms with Crippen LogP contribution in [0.5, 0.6) is 0 Å². The zero-order valence-electron chi connectivity index (χ0n) is 13.0. The Kier molecular flexibility index (Phi) is 15.3. The quantitative estimate of drug-likeness (QED) is 0.351. The van der Waals surface area contributed by atoms with Gasteiger partial charge in [-0.1, -0.05) is 26.7 Å². The van der Waals surface area contributed by atoms with E-state index in [0.29, 0.717) is 32.2 Å². The average Bonchev–Trinajstić information content (AvgIpc) is 2.36. The molecule has 0 saturated heterocycles. The van der Waals surface area contributed by atoms with Gasteiger partial charge in [0.2, 0.25) is 5.91 Å². The third-order valence-electron chi connectivity index (χ3n) is 3.02. The molecule has 0 radical (unpaired) electrons. The molecule has 1 amide bonds. The number of nitrogens with zero attached hydrogens (tertiary/aromatic N) is 1. The second-order valence-corrected chi connectivity index (χ2v) is 4.79. The van der Waals surface area contributed by atoms with Gasteiger partial charge in [0.1, 0.15) is 0 Å². The summed E-state index contributed by atoms with van der Waals surface area (Å²) in [5.41, 5.74) is 0. The number of unbranched alkanes of at least 4 members (excludes halogenated alkanes) is 2. The largest absolute Gasteiger partial charge is 1.00 e. The summed E-state index contributed by atoms with van der Waals surface area (Å²) in [4.78, 5) is 23.6. The summed E-state index contributed by atoms with van der Waals surface area (Å²) in [5.74, 6) is -1.39. The summed E-state index contributed by atoms with van der Waals surface area (Å²) in [6, 6.07) is 0. The van der Waals surface area contributed by atoms with Gasteiger partial charge in [-0.25, -0.2) is 4.39 Å². The normalized spacial score (nSPS) is 11.6. The summed E-state index contributed by atoms with van der Waals surface area (Å²) < 4.78 is 12.9. The first-order valence-corrected chi connectivity index (χ1v) is 7.12. The number of hydrogen-bond donors (Lipinski definition) is 0. The first-order chi connectivity index (χ1) is 9.01. The topological polar surface area (TPSA) is 60.4 Å². The fourth-order valence-electron chi connectivity index (χ4n) is 1.90. The van der Waals surface area contributed by atoms with Gasteiger partial charge >= 0.3 is 29.6 Å². The number of alkyl halides is 1. The number of carbonyl (C=O) groups excluding carboxylic acids is 2. The molecule has 4 nitrogen and oxygen atoms in total. The molecule has 0 aliphatic heterocycles. The molecule has 0 aromatic carbocycles. The smallest absolute Gasteiger partial charge is 0.548 e. The number of carboxylic acids is 1. The van der Waals surface area contributed by atoms with Gasteiger partial charge in [-0.15, -0.1) is 0 Å². The predicted molar refractivity (Wildman–Crippen MR) is 70.2 cm³/mol. The molecule has 112 valence electrons. The first-order valence-electron chi connectivity index (χ1n) is 7.12. The van der Waals surface area contributed by atoms with Crippen molar-refractivity contribution in [1.29, 1.82) is 0 Å². The van der Waals surface area contributed by atoms with E-state index in [1.165, 1.54) is 4.90 Å². The van der Waals surface area contributed by atoms with Gasteiger partial charge in [0, 0.05) is 13.0 Å². The summed E-state index contributed by atoms with van der Waals surface area (Å²) in [6.07, 6.45) is 3.65. The zero-order valence-corrected chi connectivity index (χ0v) is 15.0. The number of halogens is 1. The standard InChI is InChI=1S/C14H26FNO3.Na/c1-3-10-16(11-14(18)19)13(17)9-7-5-6-8-12(15)4-2;/h12H,3-11H2,1-2H3,(H,18,19);/q;+1/p-1. The molecule has 20 heavy (non-hydrogen) atoms. The van der Waals surface area contributed by atoms with Crippen LogP contribution in [0.2, 0.25) is 0 Å². The number of amides is 1. The Morgan fingerprint density at radius 3 is 2.35 bits per heavy atom. The molecule has 6 heteroatoms. The van der Waals surface area contributed by atoms with Gasteiger partial charge in [0.05, 0.1) is 18.7 Å². The molecule has 0 bridgehead atoms. The number of aliphatic carboxylic acids is 1. The molecule has 1 unspecified atom stereocenters. The van der Waals surface area contributed by atoms with E-state index in [4.69, 9.17) is 0 Å². The van der Waals surface area contributed by atoms with Crippen molar-refractivity contribution in [3.05, 3.63) is 0 Å². The maximum Gasteiger partial charge on any atom is 1.00 e. The SMILES string of the molecule is CCCN(CC(=O)[O-])C(=O)CCCCCC(F)CC.[Na+]. The molecular weight excluding hydrogens is 272 g/mol. The Balaban J connectivity index is 0. The molecule has 0 N–H and O–H groups in total. The maximum atomic E-state index is 12.9. The average molecular weight is 297 g/mol. The second-order valence-electron chi connectivity index (χ2n) is 4.79. The Morgan fingerprint density at radius 1 is 1.20 bits per heavy atom. The van der Waals surface area contributed by atoms with Crippen LogP contribution in [0.25, 0.3) is 0 Å². The summed E-state index contributed by atoms with van der Waals surface area (Å²) in [5, 5.41) is 10.5. The van der Waals surface area contributed by atoms with Crippen molar-refractivity contribution in [2.75, 3.05) is 13.1 Å². The summed E-state index contributed by atoms with van der Waals surface area (Å²) in [7, 11) is 0. The number of carboxylic acid groups (broad SMARTS) is 1. The molecule has 0 spiro atoms. The fourth-order valence-corrected chi connectivity index (χ4v) is 1.90. The van der Waals surface area contributed by atoms with E-state index in [0.717, 1.165) is 19.3 Å². The van der Waals surface area contributed by atoms with E-state index in [1.807, 2.05) is 13.8 Å². The van der Waals surface area contributed by atoms with Crippen molar-refractivity contribution < 1.29 is 48.6 Å². The molecule has 0 heterocycles. The Morgan fingerprint density at radius 2 is 1.85 bits per heavy atom. The van der Waals surface area contributed by atoms with Crippen LogP contribution in [0.1, 0.15) is 58.8 Å². The third kappa shape index (κ3) is 11.7. The van der Waals surface area contributed by atoms with Gasteiger partial charge in [-0.05, 0) is 25.7 Å². The zero-order chi connectivity index (χ0) is 14.7. The minimum absolute atomic E-state index is 0. The number of hydrogen-bond acceptors (Lipinski definition) is 3. The van der Waals surface area contributed by atoms with Crippen LogP contribution in [-0.4, -0.2) is 36.0 Å². The molecule has 0 aliphatic carbocycles. The third-order valence-corrected chi connectivity index (χ3v) is 3.02. The maximum absolute atomic E-state index is 12.9. The Bertz CT molecular complexity index is 277. The molecule has 1 atom stereocenters. The first kappa shape index (κ1) is 22.2. The molecule has 0 rings (SSSR count). The minimum Gasteiger partial charge on any atom is -0.548 e. The van der Waals surface area contributed by atoms with Crippen LogP contribution in [0.15, 0.2) is 0 Å². The predicted octanol–water partition coefficient (Wildman–Crippen LogP) is -1.32. The van der Waals surface area contributed by atoms with E-state index in [2.05, 4.69) is 0 Å². The fraction of sp³-hybridized carbons (Fsp3) is 0.857. The number of rotatable bonds is 11. The van der Waals surface area contributed by atoms with Crippen LogP contribution in [0.4, 0.5) is 4.39 Å². The molecular formula is C14H25FNNaO3. The molecule has 0 fully saturated rings. The molecule has 0 aromatic heterocycles. The van der Waals surface area contributed by atoms with Crippen molar-refractivity contribution in [2.24, 2.45) is 0 Å². The summed E-state index contributed by atoms with van der Waals surface area (Å²) in [6.45, 7) is 3.81. The van der Waals surface area contributed by atoms with Crippen molar-refractivity contribution in [2.45, 2.75) is 65.0 Å².